The molecule has 7 heteroatoms. The number of halogens is 2. The van der Waals surface area contributed by atoms with E-state index in [9.17, 15) is 9.90 Å². The minimum absolute atomic E-state index is 0. The highest BCUT2D eigenvalue weighted by Crippen LogP contribution is 2.31. The molecule has 0 bridgehead atoms. The summed E-state index contributed by atoms with van der Waals surface area (Å²) in [6.07, 6.45) is 0. The number of hydrogen-bond acceptors (Lipinski definition) is 4. The van der Waals surface area contributed by atoms with Crippen LogP contribution in [-0.2, 0) is 4.79 Å². The molecule has 0 saturated carbocycles. The molecule has 20 heavy (non-hydrogen) atoms. The Hall–Kier alpha value is -0.750. The molecule has 0 saturated heterocycles. The van der Waals surface area contributed by atoms with E-state index in [2.05, 4.69) is 0 Å². The van der Waals surface area contributed by atoms with Crippen molar-refractivity contribution in [3.8, 4) is 0 Å². The van der Waals surface area contributed by atoms with Gasteiger partial charge in [-0.3, -0.25) is 5.73 Å². The van der Waals surface area contributed by atoms with Crippen LogP contribution < -0.4 is 18.1 Å². The normalized spacial score (nSPS) is 20.8. The van der Waals surface area contributed by atoms with Crippen molar-refractivity contribution in [1.29, 1.82) is 0 Å². The highest BCUT2D eigenvalue weighted by atomic mass is 35.5. The standard InChI is InChI=1S/C10H11ClN2OS.C3H6O.ClH/c11-6-10(14)7-15-9(12)13(10)8-4-2-1-3-5-8;1-3(2)4;/h1-5,12,14H,6-7H2;1-2H3;1H/t10-;;/m0../s1. The van der Waals surface area contributed by atoms with Gasteiger partial charge in [0.15, 0.2) is 0 Å². The van der Waals surface area contributed by atoms with Crippen LogP contribution >= 0.6 is 23.4 Å². The van der Waals surface area contributed by atoms with Gasteiger partial charge in [-0.25, -0.2) is 0 Å². The van der Waals surface area contributed by atoms with Crippen molar-refractivity contribution in [3.05, 3.63) is 30.3 Å². The van der Waals surface area contributed by atoms with Crippen molar-refractivity contribution < 1.29 is 26.9 Å². The topological polar surface area (TPSA) is 66.3 Å². The fourth-order valence-electron chi connectivity index (χ4n) is 1.57. The Labute approximate surface area is 134 Å². The summed E-state index contributed by atoms with van der Waals surface area (Å²) in [5.41, 5.74) is 5.64. The number of carbonyl (C=O) groups is 1. The molecule has 0 aliphatic carbocycles. The smallest absolute Gasteiger partial charge is 0.311 e. The molecule has 0 unspecified atom stereocenters. The molecule has 0 radical (unpaired) electrons. The number of rotatable bonds is 2. The maximum Gasteiger partial charge on any atom is 0.311 e. The van der Waals surface area contributed by atoms with Crippen LogP contribution in [0.5, 0.6) is 0 Å². The minimum atomic E-state index is -1.07. The van der Waals surface area contributed by atoms with Crippen LogP contribution in [0.2, 0.25) is 0 Å². The molecule has 0 amide bonds. The number of para-hydroxylation sites is 1. The van der Waals surface area contributed by atoms with Gasteiger partial charge in [-0.05, 0) is 37.7 Å². The first-order valence-corrected chi connectivity index (χ1v) is 7.29. The van der Waals surface area contributed by atoms with E-state index in [0.29, 0.717) is 10.9 Å². The van der Waals surface area contributed by atoms with E-state index in [1.807, 2.05) is 30.3 Å². The summed E-state index contributed by atoms with van der Waals surface area (Å²) in [6.45, 7) is 3.06. The second-order valence-corrected chi connectivity index (χ2v) is 5.59. The van der Waals surface area contributed by atoms with E-state index in [4.69, 9.17) is 17.3 Å². The first-order chi connectivity index (χ1) is 8.90. The quantitative estimate of drug-likeness (QED) is 0.532. The third-order valence-electron chi connectivity index (χ3n) is 2.32. The summed E-state index contributed by atoms with van der Waals surface area (Å²) >= 11 is 7.20. The molecule has 0 aromatic heterocycles. The summed E-state index contributed by atoms with van der Waals surface area (Å²) in [6, 6.07) is 9.52. The van der Waals surface area contributed by atoms with Gasteiger partial charge in [-0.15, -0.1) is 11.6 Å². The van der Waals surface area contributed by atoms with Gasteiger partial charge in [0.25, 0.3) is 0 Å². The lowest BCUT2D eigenvalue weighted by Crippen LogP contribution is -3.00. The van der Waals surface area contributed by atoms with Crippen LogP contribution in [0, 0.1) is 0 Å². The van der Waals surface area contributed by atoms with Gasteiger partial charge in [0.2, 0.25) is 5.72 Å². The first-order valence-electron chi connectivity index (χ1n) is 5.77. The summed E-state index contributed by atoms with van der Waals surface area (Å²) in [5, 5.41) is 10.8. The molecule has 3 N–H and O–H groups in total. The van der Waals surface area contributed by atoms with E-state index in [0.717, 1.165) is 5.69 Å². The lowest BCUT2D eigenvalue weighted by Gasteiger charge is -2.20. The predicted molar refractivity (Wildman–Crippen MR) is 80.0 cm³/mol. The Morgan fingerprint density at radius 2 is 1.95 bits per heavy atom. The van der Waals surface area contributed by atoms with Gasteiger partial charge in [0.1, 0.15) is 11.5 Å². The van der Waals surface area contributed by atoms with E-state index in [1.54, 1.807) is 4.58 Å². The SMILES string of the molecule is CC(C)=O.NC1=[N+](c2ccccc2)[C@](O)(CCl)CS1.[Cl-]. The fraction of sp³-hybridized carbons (Fsp3) is 0.385. The van der Waals surface area contributed by atoms with Crippen molar-refractivity contribution in [3.63, 3.8) is 0 Å². The molecule has 1 heterocycles. The molecule has 1 aliphatic rings. The lowest BCUT2D eigenvalue weighted by molar-refractivity contribution is -0.574. The molecular formula is C13H18Cl2N2O2S. The maximum atomic E-state index is 10.3. The molecule has 0 fully saturated rings. The number of amidine groups is 1. The third kappa shape index (κ3) is 4.98. The van der Waals surface area contributed by atoms with Crippen LogP contribution in [0.25, 0.3) is 0 Å². The zero-order valence-corrected chi connectivity index (χ0v) is 13.7. The van der Waals surface area contributed by atoms with Crippen LogP contribution in [0.1, 0.15) is 13.8 Å². The van der Waals surface area contributed by atoms with Crippen molar-refractivity contribution in [2.75, 3.05) is 11.6 Å². The minimum Gasteiger partial charge on any atom is -1.00 e. The van der Waals surface area contributed by atoms with Gasteiger partial charge in [-0.1, -0.05) is 18.2 Å². The molecular weight excluding hydrogens is 319 g/mol. The predicted octanol–water partition coefficient (Wildman–Crippen LogP) is -1.08. The number of ketones is 1. The number of thioether (sulfide) groups is 1. The average Bonchev–Trinajstić information content (AvgIpc) is 2.66. The largest absolute Gasteiger partial charge is 1.00 e. The van der Waals surface area contributed by atoms with E-state index in [-0.39, 0.29) is 24.1 Å². The number of alkyl halides is 1. The van der Waals surface area contributed by atoms with Crippen molar-refractivity contribution in [2.24, 2.45) is 5.73 Å². The van der Waals surface area contributed by atoms with Gasteiger partial charge >= 0.3 is 5.17 Å². The van der Waals surface area contributed by atoms with E-state index < -0.39 is 5.72 Å². The molecule has 1 aliphatic heterocycles. The Kier molecular flexibility index (Phi) is 8.20. The fourth-order valence-corrected chi connectivity index (χ4v) is 2.91. The number of nitrogens with zero attached hydrogens (tertiary/aromatic N) is 1. The molecule has 1 aromatic rings. The summed E-state index contributed by atoms with van der Waals surface area (Å²) in [4.78, 5) is 9.44. The summed E-state index contributed by atoms with van der Waals surface area (Å²) in [5.74, 6) is 0.798. The second kappa shape index (κ2) is 8.52. The van der Waals surface area contributed by atoms with Crippen LogP contribution in [-0.4, -0.2) is 38.0 Å². The Balaban J connectivity index is 0.000000644. The third-order valence-corrected chi connectivity index (χ3v) is 3.83. The summed E-state index contributed by atoms with van der Waals surface area (Å²) < 4.78 is 1.69. The average molecular weight is 337 g/mol. The number of hydrogen-bond donors (Lipinski definition) is 2. The highest BCUT2D eigenvalue weighted by molar-refractivity contribution is 8.13. The Bertz CT molecular complexity index is 479. The Morgan fingerprint density at radius 1 is 1.45 bits per heavy atom. The van der Waals surface area contributed by atoms with Crippen molar-refractivity contribution >= 4 is 40.0 Å². The van der Waals surface area contributed by atoms with Gasteiger partial charge < -0.3 is 22.3 Å². The number of carbonyl (C=O) groups excluding carboxylic acids is 1. The molecule has 1 atom stereocenters. The van der Waals surface area contributed by atoms with Crippen LogP contribution in [0.4, 0.5) is 5.69 Å². The lowest BCUT2D eigenvalue weighted by atomic mass is 10.2. The maximum absolute atomic E-state index is 10.3. The van der Waals surface area contributed by atoms with Crippen LogP contribution in [0.3, 0.4) is 0 Å². The Morgan fingerprint density at radius 3 is 2.40 bits per heavy atom. The first kappa shape index (κ1) is 19.2. The molecule has 4 nitrogen and oxygen atoms in total. The number of aliphatic hydroxyl groups is 1. The number of Topliss-reactive ketones (excluding diaryl/α,β-unsaturated/α-hetero) is 1. The highest BCUT2D eigenvalue weighted by Gasteiger charge is 2.44. The monoisotopic (exact) mass is 336 g/mol. The van der Waals surface area contributed by atoms with E-state index in [1.165, 1.54) is 25.6 Å². The molecule has 2 rings (SSSR count). The number of benzene rings is 1. The zero-order chi connectivity index (χ0) is 14.5. The molecule has 112 valence electrons. The molecule has 0 spiro atoms. The molecule has 1 aromatic carbocycles. The summed E-state index contributed by atoms with van der Waals surface area (Å²) in [7, 11) is 0. The zero-order valence-electron chi connectivity index (χ0n) is 11.3. The van der Waals surface area contributed by atoms with E-state index >= 15 is 0 Å². The van der Waals surface area contributed by atoms with Crippen molar-refractivity contribution in [1.82, 2.24) is 0 Å². The van der Waals surface area contributed by atoms with Crippen LogP contribution in [0.15, 0.2) is 30.3 Å². The second-order valence-electron chi connectivity index (χ2n) is 4.32. The van der Waals surface area contributed by atoms with Crippen molar-refractivity contribution in [2.45, 2.75) is 19.6 Å². The number of nitrogens with two attached hydrogens (primary N) is 1. The van der Waals surface area contributed by atoms with Gasteiger partial charge in [-0.2, -0.15) is 4.58 Å². The van der Waals surface area contributed by atoms with Gasteiger partial charge in [0.05, 0.1) is 11.6 Å². The van der Waals surface area contributed by atoms with Gasteiger partial charge in [0, 0.05) is 0 Å².